The normalized spacial score (nSPS) is 13.9. The van der Waals surface area contributed by atoms with Gasteiger partial charge in [-0.1, -0.05) is 11.8 Å². The van der Waals surface area contributed by atoms with E-state index in [1.54, 1.807) is 12.1 Å². The van der Waals surface area contributed by atoms with Gasteiger partial charge in [0.15, 0.2) is 5.16 Å². The summed E-state index contributed by atoms with van der Waals surface area (Å²) in [6.07, 6.45) is 2.51. The molecule has 1 fully saturated rings. The summed E-state index contributed by atoms with van der Waals surface area (Å²) in [5.74, 6) is 2.09. The Labute approximate surface area is 143 Å². The Morgan fingerprint density at radius 3 is 2.75 bits per heavy atom. The lowest BCUT2D eigenvalue weighted by Gasteiger charge is -2.09. The molecule has 0 saturated heterocycles. The molecule has 8 heteroatoms. The largest absolute Gasteiger partial charge is 0.493 e. The van der Waals surface area contributed by atoms with E-state index in [2.05, 4.69) is 10.2 Å². The Bertz CT molecular complexity index is 701. The van der Waals surface area contributed by atoms with E-state index in [1.165, 1.54) is 23.9 Å². The number of halogens is 1. The van der Waals surface area contributed by atoms with Crippen molar-refractivity contribution in [3.8, 4) is 5.75 Å². The van der Waals surface area contributed by atoms with Gasteiger partial charge in [-0.3, -0.25) is 4.79 Å². The zero-order valence-electron chi connectivity index (χ0n) is 13.2. The van der Waals surface area contributed by atoms with Gasteiger partial charge in [-0.15, -0.1) is 10.2 Å². The summed E-state index contributed by atoms with van der Waals surface area (Å²) in [4.78, 5) is 11.1. The summed E-state index contributed by atoms with van der Waals surface area (Å²) >= 11 is 1.53. The average molecular weight is 350 g/mol. The summed E-state index contributed by atoms with van der Waals surface area (Å²) in [5, 5.41) is 9.27. The fraction of sp³-hybridized carbons (Fsp3) is 0.438. The number of carbonyl (C=O) groups is 1. The number of hydrogen-bond acceptors (Lipinski definition) is 5. The first-order valence-corrected chi connectivity index (χ1v) is 8.84. The Morgan fingerprint density at radius 1 is 1.33 bits per heavy atom. The molecule has 6 nitrogen and oxygen atoms in total. The lowest BCUT2D eigenvalue weighted by molar-refractivity contribution is -0.118. The lowest BCUT2D eigenvalue weighted by atomic mass is 10.3. The highest BCUT2D eigenvalue weighted by Crippen LogP contribution is 2.40. The summed E-state index contributed by atoms with van der Waals surface area (Å²) < 4.78 is 20.4. The molecular formula is C16H19FN4O2S. The average Bonchev–Trinajstić information content (AvgIpc) is 3.32. The Hall–Kier alpha value is -2.09. The third-order valence-electron chi connectivity index (χ3n) is 3.67. The van der Waals surface area contributed by atoms with Crippen LogP contribution in [-0.4, -0.2) is 33.0 Å². The molecule has 0 radical (unpaired) electrons. The molecule has 128 valence electrons. The Kier molecular flexibility index (Phi) is 5.34. The molecule has 1 aliphatic carbocycles. The number of benzene rings is 1. The zero-order valence-corrected chi connectivity index (χ0v) is 14.0. The molecule has 1 aliphatic rings. The second kappa shape index (κ2) is 7.65. The van der Waals surface area contributed by atoms with Crippen LogP contribution in [0.15, 0.2) is 29.4 Å². The van der Waals surface area contributed by atoms with Crippen molar-refractivity contribution in [2.45, 2.75) is 36.9 Å². The topological polar surface area (TPSA) is 83.0 Å². The van der Waals surface area contributed by atoms with Gasteiger partial charge >= 0.3 is 0 Å². The number of hydrogen-bond donors (Lipinski definition) is 1. The number of carbonyl (C=O) groups excluding carboxylic acids is 1. The van der Waals surface area contributed by atoms with Crippen LogP contribution >= 0.6 is 11.8 Å². The molecule has 1 aromatic heterocycles. The maximum Gasteiger partial charge on any atom is 0.219 e. The van der Waals surface area contributed by atoms with Crippen molar-refractivity contribution in [1.29, 1.82) is 0 Å². The zero-order chi connectivity index (χ0) is 16.9. The number of thioether (sulfide) groups is 1. The predicted molar refractivity (Wildman–Crippen MR) is 88.4 cm³/mol. The van der Waals surface area contributed by atoms with E-state index < -0.39 is 0 Å². The third-order valence-corrected chi connectivity index (χ3v) is 4.60. The van der Waals surface area contributed by atoms with Crippen molar-refractivity contribution in [2.24, 2.45) is 5.73 Å². The fourth-order valence-corrected chi connectivity index (χ4v) is 3.09. The predicted octanol–water partition coefficient (Wildman–Crippen LogP) is 2.34. The summed E-state index contributed by atoms with van der Waals surface area (Å²) in [6, 6.07) is 5.93. The molecule has 1 amide bonds. The van der Waals surface area contributed by atoms with E-state index in [-0.39, 0.29) is 18.1 Å². The molecule has 0 aliphatic heterocycles. The number of ether oxygens (including phenoxy) is 1. The smallest absolute Gasteiger partial charge is 0.219 e. The molecule has 3 rings (SSSR count). The number of rotatable bonds is 9. The van der Waals surface area contributed by atoms with Gasteiger partial charge in [0, 0.05) is 24.6 Å². The number of primary amides is 1. The number of amides is 1. The lowest BCUT2D eigenvalue weighted by Crippen LogP contribution is -2.15. The van der Waals surface area contributed by atoms with Crippen molar-refractivity contribution < 1.29 is 13.9 Å². The molecule has 0 atom stereocenters. The van der Waals surface area contributed by atoms with Crippen LogP contribution in [0, 0.1) is 5.82 Å². The molecule has 1 heterocycles. The standard InChI is InChI=1S/C16H19FN4O2S/c17-12-3-5-13(6-4-12)23-9-10-24-16-20-19-15(11-1-2-11)21(16)8-7-14(18)22/h3-6,11H,1-2,7-10H2,(H2,18,22). The Morgan fingerprint density at radius 2 is 2.08 bits per heavy atom. The minimum Gasteiger partial charge on any atom is -0.493 e. The quantitative estimate of drug-likeness (QED) is 0.554. The van der Waals surface area contributed by atoms with Gasteiger partial charge in [-0.2, -0.15) is 0 Å². The SMILES string of the molecule is NC(=O)CCn1c(SCCOc2ccc(F)cc2)nnc1C1CC1. The van der Waals surface area contributed by atoms with E-state index in [0.29, 0.717) is 30.6 Å². The van der Waals surface area contributed by atoms with Crippen LogP contribution in [0.25, 0.3) is 0 Å². The van der Waals surface area contributed by atoms with Crippen LogP contribution < -0.4 is 10.5 Å². The van der Waals surface area contributed by atoms with Crippen LogP contribution in [0.3, 0.4) is 0 Å². The van der Waals surface area contributed by atoms with Gasteiger partial charge in [0.05, 0.1) is 6.61 Å². The van der Waals surface area contributed by atoms with Gasteiger partial charge in [0.2, 0.25) is 5.91 Å². The van der Waals surface area contributed by atoms with Crippen LogP contribution in [0.5, 0.6) is 5.75 Å². The number of nitrogens with two attached hydrogens (primary N) is 1. The van der Waals surface area contributed by atoms with Gasteiger partial charge in [0.25, 0.3) is 0 Å². The molecule has 1 saturated carbocycles. The number of nitrogens with zero attached hydrogens (tertiary/aromatic N) is 3. The second-order valence-corrected chi connectivity index (χ2v) is 6.70. The van der Waals surface area contributed by atoms with Crippen LogP contribution in [-0.2, 0) is 11.3 Å². The van der Waals surface area contributed by atoms with E-state index in [0.717, 1.165) is 23.8 Å². The van der Waals surface area contributed by atoms with E-state index in [1.807, 2.05) is 4.57 Å². The van der Waals surface area contributed by atoms with Gasteiger partial charge in [0.1, 0.15) is 17.4 Å². The molecule has 1 aromatic carbocycles. The maximum atomic E-state index is 12.8. The van der Waals surface area contributed by atoms with Gasteiger partial charge in [-0.25, -0.2) is 4.39 Å². The summed E-state index contributed by atoms with van der Waals surface area (Å²) in [6.45, 7) is 0.979. The molecule has 0 spiro atoms. The molecule has 24 heavy (non-hydrogen) atoms. The van der Waals surface area contributed by atoms with E-state index >= 15 is 0 Å². The first-order valence-electron chi connectivity index (χ1n) is 7.86. The highest BCUT2D eigenvalue weighted by atomic mass is 32.2. The fourth-order valence-electron chi connectivity index (χ4n) is 2.31. The van der Waals surface area contributed by atoms with E-state index in [9.17, 15) is 9.18 Å². The number of aromatic nitrogens is 3. The second-order valence-electron chi connectivity index (χ2n) is 5.63. The van der Waals surface area contributed by atoms with Crippen molar-refractivity contribution in [1.82, 2.24) is 14.8 Å². The van der Waals surface area contributed by atoms with Crippen molar-refractivity contribution in [2.75, 3.05) is 12.4 Å². The highest BCUT2D eigenvalue weighted by molar-refractivity contribution is 7.99. The summed E-state index contributed by atoms with van der Waals surface area (Å²) in [7, 11) is 0. The first-order chi connectivity index (χ1) is 11.6. The molecule has 0 bridgehead atoms. The monoisotopic (exact) mass is 350 g/mol. The van der Waals surface area contributed by atoms with Crippen molar-refractivity contribution in [3.63, 3.8) is 0 Å². The molecule has 2 aromatic rings. The first kappa shape index (κ1) is 16.8. The third kappa shape index (κ3) is 4.47. The van der Waals surface area contributed by atoms with Crippen LogP contribution in [0.4, 0.5) is 4.39 Å². The highest BCUT2D eigenvalue weighted by Gasteiger charge is 2.30. The minimum atomic E-state index is -0.332. The maximum absolute atomic E-state index is 12.8. The van der Waals surface area contributed by atoms with Gasteiger partial charge in [-0.05, 0) is 37.1 Å². The van der Waals surface area contributed by atoms with Crippen LogP contribution in [0.1, 0.15) is 31.0 Å². The van der Waals surface area contributed by atoms with Crippen molar-refractivity contribution >= 4 is 17.7 Å². The minimum absolute atomic E-state index is 0.275. The molecular weight excluding hydrogens is 331 g/mol. The van der Waals surface area contributed by atoms with Crippen LogP contribution in [0.2, 0.25) is 0 Å². The molecule has 2 N–H and O–H groups in total. The van der Waals surface area contributed by atoms with E-state index in [4.69, 9.17) is 10.5 Å². The summed E-state index contributed by atoms with van der Waals surface area (Å²) in [5.41, 5.74) is 5.25. The van der Waals surface area contributed by atoms with Crippen molar-refractivity contribution in [3.05, 3.63) is 35.9 Å². The van der Waals surface area contributed by atoms with Gasteiger partial charge < -0.3 is 15.0 Å². The molecule has 0 unspecified atom stereocenters. The Balaban J connectivity index is 1.54.